The number of hydrogen-bond donors (Lipinski definition) is 2. The highest BCUT2D eigenvalue weighted by atomic mass is 35.5. The first-order valence-electron chi connectivity index (χ1n) is 9.01. The molecule has 0 spiro atoms. The second-order valence-corrected chi connectivity index (χ2v) is 6.93. The van der Waals surface area contributed by atoms with Gasteiger partial charge in [-0.15, -0.1) is 0 Å². The van der Waals surface area contributed by atoms with E-state index in [9.17, 15) is 9.59 Å². The predicted octanol–water partition coefficient (Wildman–Crippen LogP) is 1.94. The summed E-state index contributed by atoms with van der Waals surface area (Å²) in [6, 6.07) is 10.2. The highest BCUT2D eigenvalue weighted by molar-refractivity contribution is 6.30. The van der Waals surface area contributed by atoms with E-state index in [1.807, 2.05) is 6.07 Å². The number of fused-ring (bicyclic) bond motifs is 1. The number of aromatic nitrogens is 1. The van der Waals surface area contributed by atoms with Crippen molar-refractivity contribution in [2.45, 2.75) is 18.9 Å². The fraction of sp³-hybridized carbons (Fsp3) is 0.316. The Kier molecular flexibility index (Phi) is 5.21. The zero-order chi connectivity index (χ0) is 19.5. The Morgan fingerprint density at radius 2 is 1.86 bits per heavy atom. The number of hydrogen-bond acceptors (Lipinski definition) is 6. The average molecular weight is 403 g/mol. The fourth-order valence-electron chi connectivity index (χ4n) is 3.14. The number of amides is 2. The van der Waals surface area contributed by atoms with Gasteiger partial charge in [-0.25, -0.2) is 4.98 Å². The molecular weight excluding hydrogens is 384 g/mol. The van der Waals surface area contributed by atoms with Gasteiger partial charge in [-0.1, -0.05) is 23.7 Å². The molecule has 1 aromatic carbocycles. The molecule has 0 bridgehead atoms. The van der Waals surface area contributed by atoms with Crippen molar-refractivity contribution in [3.8, 4) is 11.5 Å². The minimum atomic E-state index is -0.864. The Labute approximate surface area is 166 Å². The highest BCUT2D eigenvalue weighted by Gasteiger charge is 2.27. The minimum absolute atomic E-state index is 0.0545. The number of carbonyl (C=O) groups excluding carboxylic acids is 2. The van der Waals surface area contributed by atoms with Crippen molar-refractivity contribution in [1.29, 1.82) is 0 Å². The van der Waals surface area contributed by atoms with E-state index in [0.29, 0.717) is 22.9 Å². The molecule has 2 N–H and O–H groups in total. The first kappa shape index (κ1) is 18.4. The molecule has 1 fully saturated rings. The van der Waals surface area contributed by atoms with E-state index < -0.39 is 17.9 Å². The number of nitrogens with zero attached hydrogens (tertiary/aromatic N) is 2. The molecule has 8 nitrogen and oxygen atoms in total. The second kappa shape index (κ2) is 7.93. The number of carbonyl (C=O) groups is 2. The molecule has 2 aliphatic rings. The van der Waals surface area contributed by atoms with Crippen LogP contribution >= 0.6 is 11.6 Å². The molecule has 146 valence electrons. The summed E-state index contributed by atoms with van der Waals surface area (Å²) in [6.07, 6.45) is 1.30. The third kappa shape index (κ3) is 3.96. The maximum Gasteiger partial charge on any atom is 0.283 e. The normalized spacial score (nSPS) is 17.9. The van der Waals surface area contributed by atoms with Gasteiger partial charge in [-0.05, 0) is 37.1 Å². The number of hydrazine groups is 1. The number of anilines is 1. The maximum atomic E-state index is 12.4. The van der Waals surface area contributed by atoms with Crippen LogP contribution in [0.1, 0.15) is 23.2 Å². The number of benzene rings is 1. The van der Waals surface area contributed by atoms with Crippen LogP contribution in [0.25, 0.3) is 0 Å². The van der Waals surface area contributed by atoms with Crippen LogP contribution in [0.2, 0.25) is 5.15 Å². The Morgan fingerprint density at radius 3 is 2.64 bits per heavy atom. The second-order valence-electron chi connectivity index (χ2n) is 6.54. The molecule has 1 atom stereocenters. The van der Waals surface area contributed by atoms with Crippen LogP contribution < -0.4 is 25.2 Å². The van der Waals surface area contributed by atoms with Crippen molar-refractivity contribution in [3.05, 3.63) is 47.1 Å². The molecule has 0 aliphatic carbocycles. The summed E-state index contributed by atoms with van der Waals surface area (Å²) in [5.74, 6) is 0.716. The third-order valence-electron chi connectivity index (χ3n) is 4.57. The maximum absolute atomic E-state index is 12.4. The van der Waals surface area contributed by atoms with Gasteiger partial charge in [0.05, 0.1) is 0 Å². The lowest BCUT2D eigenvalue weighted by atomic mass is 10.2. The molecule has 4 rings (SSSR count). The summed E-state index contributed by atoms with van der Waals surface area (Å²) in [7, 11) is 0. The van der Waals surface area contributed by atoms with Gasteiger partial charge < -0.3 is 14.4 Å². The highest BCUT2D eigenvalue weighted by Crippen LogP contribution is 2.30. The van der Waals surface area contributed by atoms with Crippen LogP contribution in [0.3, 0.4) is 0 Å². The Balaban J connectivity index is 1.37. The molecule has 0 unspecified atom stereocenters. The van der Waals surface area contributed by atoms with Crippen LogP contribution in [0.15, 0.2) is 36.4 Å². The van der Waals surface area contributed by atoms with Gasteiger partial charge in [0, 0.05) is 18.7 Å². The minimum Gasteiger partial charge on any atom is -0.485 e. The first-order chi connectivity index (χ1) is 13.6. The standard InChI is InChI=1S/C19H19ClN4O4/c20-16-9-12(10-17(21-16)24-7-3-4-8-24)18(25)22-23-19(26)15-11-27-13-5-1-2-6-14(13)28-15/h1-2,5-6,9-10,15H,3-4,7-8,11H2,(H,22,25)(H,23,26)/t15-/m0/s1. The van der Waals surface area contributed by atoms with Crippen LogP contribution in [0, 0.1) is 0 Å². The van der Waals surface area contributed by atoms with E-state index in [-0.39, 0.29) is 11.8 Å². The number of halogens is 1. The number of rotatable bonds is 3. The van der Waals surface area contributed by atoms with Gasteiger partial charge >= 0.3 is 0 Å². The van der Waals surface area contributed by atoms with Gasteiger partial charge in [0.1, 0.15) is 17.6 Å². The zero-order valence-corrected chi connectivity index (χ0v) is 15.7. The van der Waals surface area contributed by atoms with E-state index in [0.717, 1.165) is 25.9 Å². The summed E-state index contributed by atoms with van der Waals surface area (Å²) in [4.78, 5) is 31.1. The lowest BCUT2D eigenvalue weighted by Crippen LogP contribution is -2.50. The Morgan fingerprint density at radius 1 is 1.11 bits per heavy atom. The molecule has 0 radical (unpaired) electrons. The average Bonchev–Trinajstić information content (AvgIpc) is 3.26. The summed E-state index contributed by atoms with van der Waals surface area (Å²) in [5.41, 5.74) is 5.07. The van der Waals surface area contributed by atoms with Gasteiger partial charge in [0.25, 0.3) is 11.8 Å². The van der Waals surface area contributed by atoms with Crippen LogP contribution in [-0.2, 0) is 4.79 Å². The quantitative estimate of drug-likeness (QED) is 0.602. The van der Waals surface area contributed by atoms with E-state index in [2.05, 4.69) is 20.7 Å². The molecule has 28 heavy (non-hydrogen) atoms. The van der Waals surface area contributed by atoms with Crippen molar-refractivity contribution in [3.63, 3.8) is 0 Å². The van der Waals surface area contributed by atoms with Crippen molar-refractivity contribution < 1.29 is 19.1 Å². The molecule has 3 heterocycles. The van der Waals surface area contributed by atoms with E-state index in [1.165, 1.54) is 6.07 Å². The van der Waals surface area contributed by atoms with Gasteiger partial charge in [-0.3, -0.25) is 20.4 Å². The number of pyridine rings is 1. The largest absolute Gasteiger partial charge is 0.485 e. The van der Waals surface area contributed by atoms with Crippen molar-refractivity contribution in [1.82, 2.24) is 15.8 Å². The molecule has 2 aromatic rings. The van der Waals surface area contributed by atoms with Gasteiger partial charge in [-0.2, -0.15) is 0 Å². The van der Waals surface area contributed by atoms with E-state index in [1.54, 1.807) is 24.3 Å². The number of nitrogens with one attached hydrogen (secondary N) is 2. The van der Waals surface area contributed by atoms with Gasteiger partial charge in [0.2, 0.25) is 6.10 Å². The van der Waals surface area contributed by atoms with Crippen molar-refractivity contribution in [2.75, 3.05) is 24.6 Å². The summed E-state index contributed by atoms with van der Waals surface area (Å²) in [6.45, 7) is 1.82. The Hall–Kier alpha value is -3.00. The van der Waals surface area contributed by atoms with Crippen LogP contribution in [-0.4, -0.2) is 42.6 Å². The number of ether oxygens (including phenoxy) is 2. The summed E-state index contributed by atoms with van der Waals surface area (Å²) in [5, 5.41) is 0.224. The SMILES string of the molecule is O=C(NNC(=O)[C@@H]1COc2ccccc2O1)c1cc(Cl)nc(N2CCCC2)c1. The van der Waals surface area contributed by atoms with Crippen molar-refractivity contribution >= 4 is 29.2 Å². The summed E-state index contributed by atoms with van der Waals surface area (Å²) < 4.78 is 11.1. The fourth-order valence-corrected chi connectivity index (χ4v) is 3.35. The Bertz CT molecular complexity index is 901. The molecule has 0 saturated carbocycles. The zero-order valence-electron chi connectivity index (χ0n) is 15.0. The van der Waals surface area contributed by atoms with E-state index >= 15 is 0 Å². The van der Waals surface area contributed by atoms with Gasteiger partial charge in [0.15, 0.2) is 11.5 Å². The predicted molar refractivity (Wildman–Crippen MR) is 103 cm³/mol. The molecule has 1 saturated heterocycles. The topological polar surface area (TPSA) is 92.8 Å². The lowest BCUT2D eigenvalue weighted by Gasteiger charge is -2.25. The lowest BCUT2D eigenvalue weighted by molar-refractivity contribution is -0.131. The van der Waals surface area contributed by atoms with Crippen LogP contribution in [0.5, 0.6) is 11.5 Å². The molecule has 9 heteroatoms. The molecular formula is C19H19ClN4O4. The monoisotopic (exact) mass is 402 g/mol. The van der Waals surface area contributed by atoms with Crippen molar-refractivity contribution in [2.24, 2.45) is 0 Å². The first-order valence-corrected chi connectivity index (χ1v) is 9.39. The molecule has 2 amide bonds. The molecule has 2 aliphatic heterocycles. The number of para-hydroxylation sites is 2. The third-order valence-corrected chi connectivity index (χ3v) is 4.77. The van der Waals surface area contributed by atoms with Crippen LogP contribution in [0.4, 0.5) is 5.82 Å². The summed E-state index contributed by atoms with van der Waals surface area (Å²) >= 11 is 6.06. The smallest absolute Gasteiger partial charge is 0.283 e. The molecule has 1 aromatic heterocycles. The van der Waals surface area contributed by atoms with E-state index in [4.69, 9.17) is 21.1 Å².